The number of hydrogen-bond acceptors (Lipinski definition) is 8. The summed E-state index contributed by atoms with van der Waals surface area (Å²) < 4.78 is 10.2. The van der Waals surface area contributed by atoms with Crippen LogP contribution >= 0.6 is 22.7 Å². The topological polar surface area (TPSA) is 134 Å². The van der Waals surface area contributed by atoms with Gasteiger partial charge in [0, 0.05) is 14.1 Å². The molecule has 0 unspecified atom stereocenters. The average molecular weight is 542 g/mol. The summed E-state index contributed by atoms with van der Waals surface area (Å²) in [5, 5.41) is 15.1. The first-order chi connectivity index (χ1) is 16.3. The fraction of sp³-hybridized carbons (Fsp3) is 0.500. The van der Waals surface area contributed by atoms with Crippen LogP contribution < -0.4 is 10.6 Å². The maximum Gasteiger partial charge on any atom is 0.412 e. The Morgan fingerprint density at radius 1 is 0.778 bits per heavy atom. The van der Waals surface area contributed by atoms with Gasteiger partial charge in [-0.1, -0.05) is 0 Å². The third-order valence-corrected chi connectivity index (χ3v) is 6.16. The molecule has 2 aromatic rings. The zero-order valence-corrected chi connectivity index (χ0v) is 23.9. The molecule has 3 amide bonds. The minimum atomic E-state index is -0.996. The Hall–Kier alpha value is -3.12. The summed E-state index contributed by atoms with van der Waals surface area (Å²) in [4.78, 5) is 48.1. The van der Waals surface area contributed by atoms with Gasteiger partial charge in [-0.2, -0.15) is 0 Å². The van der Waals surface area contributed by atoms with Crippen molar-refractivity contribution in [3.8, 4) is 0 Å². The molecule has 0 saturated heterocycles. The largest absolute Gasteiger partial charge is 0.477 e. The van der Waals surface area contributed by atoms with E-state index in [2.05, 4.69) is 10.6 Å². The molecule has 0 aliphatic heterocycles. The Bertz CT molecular complexity index is 1110. The van der Waals surface area contributed by atoms with Crippen LogP contribution in [0.1, 0.15) is 72.0 Å². The molecule has 0 saturated carbocycles. The van der Waals surface area contributed by atoms with Crippen LogP contribution in [0, 0.1) is 13.8 Å². The van der Waals surface area contributed by atoms with Crippen molar-refractivity contribution in [1.29, 1.82) is 0 Å². The number of aryl methyl sites for hydroxylation is 2. The van der Waals surface area contributed by atoms with Gasteiger partial charge in [0.25, 0.3) is 5.91 Å². The first-order valence-corrected chi connectivity index (χ1v) is 12.6. The lowest BCUT2D eigenvalue weighted by Gasteiger charge is -2.19. The Kier molecular flexibility index (Phi) is 10.5. The lowest BCUT2D eigenvalue weighted by Crippen LogP contribution is -2.27. The molecule has 0 aliphatic rings. The number of carbonyl (C=O) groups excluding carboxylic acids is 3. The third kappa shape index (κ3) is 10.6. The van der Waals surface area contributed by atoms with Crippen LogP contribution in [0.25, 0.3) is 0 Å². The molecule has 2 rings (SSSR count). The van der Waals surface area contributed by atoms with Crippen LogP contribution in [0.3, 0.4) is 0 Å². The first kappa shape index (κ1) is 30.9. The quantitative estimate of drug-likeness (QED) is 0.419. The lowest BCUT2D eigenvalue weighted by molar-refractivity contribution is 0.0625. The SMILES string of the molecule is Cc1cc(NC(=O)OC(C)(C)C)sc1C(=O)N(C)C.Cc1cc(NC(=O)OC(C)(C)C)sc1C(=O)O. The molecule has 0 radical (unpaired) electrons. The molecule has 36 heavy (non-hydrogen) atoms. The van der Waals surface area contributed by atoms with Gasteiger partial charge in [0.15, 0.2) is 0 Å². The number of nitrogens with one attached hydrogen (secondary N) is 2. The van der Waals surface area contributed by atoms with Gasteiger partial charge in [-0.25, -0.2) is 14.4 Å². The molecule has 12 heteroatoms. The van der Waals surface area contributed by atoms with E-state index in [0.717, 1.165) is 16.9 Å². The van der Waals surface area contributed by atoms with Crippen molar-refractivity contribution in [2.45, 2.75) is 66.6 Å². The predicted octanol–water partition coefficient (Wildman–Crippen LogP) is 6.21. The van der Waals surface area contributed by atoms with Gasteiger partial charge in [-0.15, -0.1) is 22.7 Å². The van der Waals surface area contributed by atoms with Crippen LogP contribution in [0.2, 0.25) is 0 Å². The van der Waals surface area contributed by atoms with Crippen molar-refractivity contribution >= 4 is 56.7 Å². The Balaban J connectivity index is 0.000000362. The van der Waals surface area contributed by atoms with E-state index in [9.17, 15) is 19.2 Å². The van der Waals surface area contributed by atoms with Crippen molar-refractivity contribution in [1.82, 2.24) is 4.90 Å². The highest BCUT2D eigenvalue weighted by Gasteiger charge is 2.20. The summed E-state index contributed by atoms with van der Waals surface area (Å²) in [6.45, 7) is 14.2. The second-order valence-electron chi connectivity index (χ2n) is 10.0. The minimum Gasteiger partial charge on any atom is -0.477 e. The number of amides is 3. The van der Waals surface area contributed by atoms with E-state index >= 15 is 0 Å². The van der Waals surface area contributed by atoms with Crippen molar-refractivity contribution in [2.24, 2.45) is 0 Å². The smallest absolute Gasteiger partial charge is 0.412 e. The van der Waals surface area contributed by atoms with Gasteiger partial charge in [0.2, 0.25) is 0 Å². The molecule has 0 bridgehead atoms. The fourth-order valence-electron chi connectivity index (χ4n) is 2.52. The Morgan fingerprint density at radius 3 is 1.44 bits per heavy atom. The number of carbonyl (C=O) groups is 4. The summed E-state index contributed by atoms with van der Waals surface area (Å²) in [6.07, 6.45) is -1.10. The molecule has 10 nitrogen and oxygen atoms in total. The van der Waals surface area contributed by atoms with Gasteiger partial charge in [0.1, 0.15) is 16.1 Å². The molecular formula is C24H35N3O7S2. The number of aromatic carboxylic acids is 1. The van der Waals surface area contributed by atoms with Crippen LogP contribution in [-0.4, -0.2) is 59.4 Å². The highest BCUT2D eigenvalue weighted by atomic mass is 32.1. The van der Waals surface area contributed by atoms with Gasteiger partial charge >= 0.3 is 18.2 Å². The van der Waals surface area contributed by atoms with Crippen LogP contribution in [-0.2, 0) is 9.47 Å². The molecule has 2 aromatic heterocycles. The lowest BCUT2D eigenvalue weighted by atomic mass is 10.2. The second kappa shape index (κ2) is 12.2. The van der Waals surface area contributed by atoms with Crippen LogP contribution in [0.15, 0.2) is 12.1 Å². The molecule has 2 heterocycles. The van der Waals surface area contributed by atoms with E-state index in [-0.39, 0.29) is 10.8 Å². The molecule has 200 valence electrons. The van der Waals surface area contributed by atoms with Gasteiger partial charge < -0.3 is 19.5 Å². The standard InChI is InChI=1S/C13H20N2O3S.C11H15NO4S/c1-8-7-9(14-12(17)18-13(2,3)4)19-10(8)11(16)15(5)6;1-6-5-7(17-8(6)9(13)14)12-10(15)16-11(2,3)4/h7H,1-6H3,(H,14,17);5H,1-4H3,(H,12,15)(H,13,14). The predicted molar refractivity (Wildman–Crippen MR) is 143 cm³/mol. The fourth-order valence-corrected chi connectivity index (χ4v) is 4.50. The monoisotopic (exact) mass is 541 g/mol. The van der Waals surface area contributed by atoms with Crippen molar-refractivity contribution in [2.75, 3.05) is 24.7 Å². The van der Waals surface area contributed by atoms with E-state index in [1.54, 1.807) is 74.7 Å². The van der Waals surface area contributed by atoms with E-state index in [1.165, 1.54) is 16.2 Å². The van der Waals surface area contributed by atoms with E-state index in [1.807, 2.05) is 6.92 Å². The van der Waals surface area contributed by atoms with Gasteiger partial charge in [-0.05, 0) is 78.6 Å². The highest BCUT2D eigenvalue weighted by molar-refractivity contribution is 7.18. The Labute approximate surface area is 219 Å². The molecule has 0 atom stereocenters. The summed E-state index contributed by atoms with van der Waals surface area (Å²) in [5.74, 6) is -1.07. The maximum atomic E-state index is 11.9. The second-order valence-corrected chi connectivity index (χ2v) is 12.1. The molecule has 0 spiro atoms. The van der Waals surface area contributed by atoms with E-state index < -0.39 is 29.4 Å². The summed E-state index contributed by atoms with van der Waals surface area (Å²) >= 11 is 2.26. The number of rotatable bonds is 4. The van der Waals surface area contributed by atoms with E-state index in [4.69, 9.17) is 14.6 Å². The Morgan fingerprint density at radius 2 is 1.14 bits per heavy atom. The molecule has 0 aliphatic carbocycles. The third-order valence-electron chi connectivity index (χ3n) is 3.88. The van der Waals surface area contributed by atoms with Crippen LogP contribution in [0.4, 0.5) is 19.6 Å². The number of hydrogen-bond donors (Lipinski definition) is 3. The molecule has 0 fully saturated rings. The number of carboxylic acid groups (broad SMARTS) is 1. The normalized spacial score (nSPS) is 11.1. The van der Waals surface area contributed by atoms with Gasteiger partial charge in [-0.3, -0.25) is 15.4 Å². The number of nitrogens with zero attached hydrogens (tertiary/aromatic N) is 1. The average Bonchev–Trinajstić information content (AvgIpc) is 3.20. The molecule has 3 N–H and O–H groups in total. The summed E-state index contributed by atoms with van der Waals surface area (Å²) in [5.41, 5.74) is 0.341. The van der Waals surface area contributed by atoms with Crippen molar-refractivity contribution < 1.29 is 33.8 Å². The maximum absolute atomic E-state index is 11.9. The summed E-state index contributed by atoms with van der Waals surface area (Å²) in [7, 11) is 3.39. The number of carboxylic acids is 1. The number of thiophene rings is 2. The number of anilines is 2. The number of ether oxygens (including phenoxy) is 2. The van der Waals surface area contributed by atoms with E-state index in [0.29, 0.717) is 20.4 Å². The van der Waals surface area contributed by atoms with Gasteiger partial charge in [0.05, 0.1) is 14.9 Å². The molecular weight excluding hydrogens is 506 g/mol. The van der Waals surface area contributed by atoms with Crippen molar-refractivity contribution in [3.05, 3.63) is 33.0 Å². The summed E-state index contributed by atoms with van der Waals surface area (Å²) in [6, 6.07) is 3.38. The van der Waals surface area contributed by atoms with Crippen LogP contribution in [0.5, 0.6) is 0 Å². The van der Waals surface area contributed by atoms with Crippen molar-refractivity contribution in [3.63, 3.8) is 0 Å². The zero-order chi connectivity index (χ0) is 28.0. The minimum absolute atomic E-state index is 0.0697. The molecule has 0 aromatic carbocycles. The highest BCUT2D eigenvalue weighted by Crippen LogP contribution is 2.28. The zero-order valence-electron chi connectivity index (χ0n) is 22.3. The first-order valence-electron chi connectivity index (χ1n) is 10.9.